The van der Waals surface area contributed by atoms with Gasteiger partial charge in [-0.2, -0.15) is 0 Å². The number of rotatable bonds is 0. The Balaban J connectivity index is 0.000000663. The van der Waals surface area contributed by atoms with Gasteiger partial charge in [0.25, 0.3) is 0 Å². The summed E-state index contributed by atoms with van der Waals surface area (Å²) in [6.07, 6.45) is 0. The SMILES string of the molecule is Cc1ccc2ccc3ccc(C)nc3c2n1.O=N[O-].[N]=O.[Ni]. The van der Waals surface area contributed by atoms with Gasteiger partial charge >= 0.3 is 0 Å². The Bertz CT molecular complexity index is 707. The van der Waals surface area contributed by atoms with Crippen molar-refractivity contribution in [3.05, 3.63) is 62.8 Å². The van der Waals surface area contributed by atoms with E-state index in [1.807, 2.05) is 26.0 Å². The average molecular weight is 343 g/mol. The van der Waals surface area contributed by atoms with Gasteiger partial charge in [-0.05, 0) is 26.0 Å². The van der Waals surface area contributed by atoms with E-state index in [1.54, 1.807) is 0 Å². The van der Waals surface area contributed by atoms with Crippen molar-refractivity contribution in [2.45, 2.75) is 13.8 Å². The molecular formula is C14H12N4NiO3-. The first-order valence-corrected chi connectivity index (χ1v) is 5.92. The van der Waals surface area contributed by atoms with Gasteiger partial charge in [-0.15, -0.1) is 10.2 Å². The third-order valence-corrected chi connectivity index (χ3v) is 2.80. The molecule has 0 atom stereocenters. The fraction of sp³-hybridized carbons (Fsp3) is 0.143. The van der Waals surface area contributed by atoms with E-state index in [0.717, 1.165) is 38.5 Å². The van der Waals surface area contributed by atoms with Gasteiger partial charge in [0.2, 0.25) is 0 Å². The van der Waals surface area contributed by atoms with Crippen molar-refractivity contribution in [3.63, 3.8) is 0 Å². The zero-order valence-electron chi connectivity index (χ0n) is 11.8. The van der Waals surface area contributed by atoms with Gasteiger partial charge < -0.3 is 10.1 Å². The maximum Gasteiger partial charge on any atom is 0.120 e. The molecule has 0 bridgehead atoms. The van der Waals surface area contributed by atoms with Crippen LogP contribution in [0.2, 0.25) is 0 Å². The van der Waals surface area contributed by atoms with Crippen LogP contribution in [-0.4, -0.2) is 9.97 Å². The van der Waals surface area contributed by atoms with Crippen LogP contribution in [-0.2, 0) is 16.5 Å². The smallest absolute Gasteiger partial charge is 0.120 e. The first-order valence-electron chi connectivity index (χ1n) is 5.92. The van der Waals surface area contributed by atoms with E-state index >= 15 is 0 Å². The van der Waals surface area contributed by atoms with Crippen LogP contribution in [0.4, 0.5) is 0 Å². The van der Waals surface area contributed by atoms with Crippen molar-refractivity contribution in [1.82, 2.24) is 15.6 Å². The summed E-state index contributed by atoms with van der Waals surface area (Å²) < 4.78 is 0. The standard InChI is InChI=1S/C14H12N2.HNO2.NO.Ni/c1-9-3-5-11-7-8-12-6-4-10(2)16-14(12)13(11)15-9;2-1-3;1-2;/h3-8H,1-2H3;(H,2,3);;/p-1. The van der Waals surface area contributed by atoms with E-state index in [2.05, 4.69) is 34.2 Å². The third kappa shape index (κ3) is 4.53. The molecule has 0 saturated carbocycles. The molecule has 1 radical (unpaired) electrons. The fourth-order valence-electron chi connectivity index (χ4n) is 1.96. The molecule has 22 heavy (non-hydrogen) atoms. The zero-order valence-corrected chi connectivity index (χ0v) is 12.8. The first-order chi connectivity index (χ1) is 10.2. The summed E-state index contributed by atoms with van der Waals surface area (Å²) >= 11 is 0. The Morgan fingerprint density at radius 1 is 0.864 bits per heavy atom. The molecule has 3 rings (SSSR count). The fourth-order valence-corrected chi connectivity index (χ4v) is 1.96. The van der Waals surface area contributed by atoms with Crippen LogP contribution in [0.3, 0.4) is 0 Å². The van der Waals surface area contributed by atoms with Crippen molar-refractivity contribution < 1.29 is 16.5 Å². The molecule has 0 unspecified atom stereocenters. The van der Waals surface area contributed by atoms with Gasteiger partial charge in [0.05, 0.1) is 11.0 Å². The van der Waals surface area contributed by atoms with Crippen LogP contribution in [0.25, 0.3) is 21.8 Å². The second-order valence-corrected chi connectivity index (χ2v) is 4.19. The van der Waals surface area contributed by atoms with Crippen LogP contribution in [0.5, 0.6) is 0 Å². The number of aromatic nitrogens is 2. The number of nitrogens with zero attached hydrogens (tertiary/aromatic N) is 4. The molecule has 0 N–H and O–H groups in total. The van der Waals surface area contributed by atoms with Crippen LogP contribution in [0.15, 0.2) is 41.7 Å². The molecule has 117 valence electrons. The third-order valence-electron chi connectivity index (χ3n) is 2.80. The normalized spacial score (nSPS) is 8.82. The molecule has 0 spiro atoms. The minimum atomic E-state index is 0. The monoisotopic (exact) mass is 342 g/mol. The predicted molar refractivity (Wildman–Crippen MR) is 81.2 cm³/mol. The molecular weight excluding hydrogens is 331 g/mol. The van der Waals surface area contributed by atoms with Crippen LogP contribution in [0, 0.1) is 28.9 Å². The summed E-state index contributed by atoms with van der Waals surface area (Å²) in [6.45, 7) is 4.02. The number of fused-ring (bicyclic) bond motifs is 3. The van der Waals surface area contributed by atoms with Crippen molar-refractivity contribution in [2.24, 2.45) is 5.34 Å². The summed E-state index contributed by atoms with van der Waals surface area (Å²) in [6, 6.07) is 12.5. The molecule has 2 aromatic heterocycles. The molecule has 3 aromatic rings. The molecule has 0 amide bonds. The molecule has 1 aromatic carbocycles. The molecule has 0 aliphatic heterocycles. The van der Waals surface area contributed by atoms with Gasteiger partial charge in [0, 0.05) is 38.7 Å². The minimum Gasteiger partial charge on any atom is -0.444 e. The second kappa shape index (κ2) is 9.47. The van der Waals surface area contributed by atoms with Crippen LogP contribution in [0.1, 0.15) is 11.4 Å². The van der Waals surface area contributed by atoms with Crippen molar-refractivity contribution in [2.75, 3.05) is 0 Å². The topological polar surface area (TPSA) is 118 Å². The van der Waals surface area contributed by atoms with Gasteiger partial charge in [-0.3, -0.25) is 9.97 Å². The van der Waals surface area contributed by atoms with E-state index < -0.39 is 0 Å². The van der Waals surface area contributed by atoms with Crippen LogP contribution >= 0.6 is 0 Å². The zero-order chi connectivity index (χ0) is 15.8. The number of nitroso groups, excluding NO2 is 1. The Kier molecular flexibility index (Phi) is 8.40. The van der Waals surface area contributed by atoms with E-state index in [4.69, 9.17) is 20.6 Å². The largest absolute Gasteiger partial charge is 0.444 e. The van der Waals surface area contributed by atoms with E-state index in [9.17, 15) is 0 Å². The molecule has 0 aliphatic rings. The number of pyridine rings is 2. The Morgan fingerprint density at radius 3 is 1.45 bits per heavy atom. The van der Waals surface area contributed by atoms with E-state index in [1.165, 1.54) is 0 Å². The van der Waals surface area contributed by atoms with Crippen molar-refractivity contribution >= 4 is 21.8 Å². The van der Waals surface area contributed by atoms with Crippen molar-refractivity contribution in [3.8, 4) is 0 Å². The molecule has 8 heteroatoms. The van der Waals surface area contributed by atoms with Gasteiger partial charge in [0.15, 0.2) is 0 Å². The number of hydrogen-bond acceptors (Lipinski definition) is 6. The second-order valence-electron chi connectivity index (χ2n) is 4.19. The predicted octanol–water partition coefficient (Wildman–Crippen LogP) is 3.20. The summed E-state index contributed by atoms with van der Waals surface area (Å²) in [7, 11) is 0. The first kappa shape index (κ1) is 19.5. The Labute approximate surface area is 136 Å². The molecule has 2 heterocycles. The molecule has 0 saturated heterocycles. The number of benzene rings is 1. The van der Waals surface area contributed by atoms with E-state index in [-0.39, 0.29) is 16.5 Å². The maximum absolute atomic E-state index is 8.00. The van der Waals surface area contributed by atoms with Gasteiger partial charge in [0.1, 0.15) is 5.59 Å². The molecule has 0 aliphatic carbocycles. The summed E-state index contributed by atoms with van der Waals surface area (Å²) in [4.78, 5) is 24.4. The Morgan fingerprint density at radius 2 is 1.14 bits per heavy atom. The quantitative estimate of drug-likeness (QED) is 0.269. The number of hydrogen-bond donors (Lipinski definition) is 0. The molecule has 0 fully saturated rings. The van der Waals surface area contributed by atoms with E-state index in [0.29, 0.717) is 0 Å². The minimum absolute atomic E-state index is 0. The maximum atomic E-state index is 8.00. The van der Waals surface area contributed by atoms with Crippen molar-refractivity contribution in [1.29, 1.82) is 0 Å². The van der Waals surface area contributed by atoms with Gasteiger partial charge in [-0.1, -0.05) is 24.3 Å². The summed E-state index contributed by atoms with van der Waals surface area (Å²) in [5.41, 5.74) is 9.81. The Hall–Kier alpha value is -2.47. The average Bonchev–Trinajstić information content (AvgIpc) is 2.50. The summed E-state index contributed by atoms with van der Waals surface area (Å²) in [5.74, 6) is 0. The van der Waals surface area contributed by atoms with Crippen LogP contribution < -0.4 is 5.59 Å². The molecule has 7 nitrogen and oxygen atoms in total. The van der Waals surface area contributed by atoms with Gasteiger partial charge in [-0.25, -0.2) is 0 Å². The summed E-state index contributed by atoms with van der Waals surface area (Å²) in [5, 5.41) is 11.3. The number of aryl methyl sites for hydroxylation is 2.